The number of phenols is 1. The van der Waals surface area contributed by atoms with Gasteiger partial charge in [0.05, 0.1) is 22.3 Å². The Morgan fingerprint density at radius 3 is 1.88 bits per heavy atom. The van der Waals surface area contributed by atoms with E-state index in [1.165, 1.54) is 5.56 Å². The summed E-state index contributed by atoms with van der Waals surface area (Å²) in [5.41, 5.74) is 14.1. The summed E-state index contributed by atoms with van der Waals surface area (Å²) in [6, 6.07) is 49.8. The molecular weight excluding hydrogens is 978 g/mol. The van der Waals surface area contributed by atoms with Gasteiger partial charge >= 0.3 is 0 Å². The molecule has 330 valence electrons. The van der Waals surface area contributed by atoms with Gasteiger partial charge in [-0.1, -0.05) is 190 Å². The van der Waals surface area contributed by atoms with Gasteiger partial charge in [0, 0.05) is 54.9 Å². The van der Waals surface area contributed by atoms with Crippen LogP contribution in [-0.2, 0) is 43.3 Å². The van der Waals surface area contributed by atoms with Crippen LogP contribution in [-0.4, -0.2) is 27.7 Å². The van der Waals surface area contributed by atoms with E-state index in [0.717, 1.165) is 78.0 Å². The molecule has 64 heavy (non-hydrogen) atoms. The maximum Gasteiger partial charge on any atom is 0.148 e. The number of hydrogen-bond donors (Lipinski definition) is 1. The van der Waals surface area contributed by atoms with Crippen molar-refractivity contribution in [2.45, 2.75) is 104 Å². The predicted molar refractivity (Wildman–Crippen MR) is 270 cm³/mol. The van der Waals surface area contributed by atoms with Gasteiger partial charge in [0.15, 0.2) is 0 Å². The number of imidazole rings is 1. The van der Waals surface area contributed by atoms with E-state index in [2.05, 4.69) is 178 Å². The van der Waals surface area contributed by atoms with Gasteiger partial charge in [-0.05, 0) is 74.8 Å². The van der Waals surface area contributed by atoms with E-state index in [1.807, 2.05) is 54.7 Å². The zero-order valence-electron chi connectivity index (χ0n) is 41.4. The van der Waals surface area contributed by atoms with Crippen LogP contribution < -0.4 is 0 Å². The van der Waals surface area contributed by atoms with E-state index in [4.69, 9.17) is 12.7 Å². The molecule has 0 aliphatic carbocycles. The summed E-state index contributed by atoms with van der Waals surface area (Å²) in [6.45, 7) is 26.0. The smallest absolute Gasteiger partial charge is 0.148 e. The van der Waals surface area contributed by atoms with E-state index in [-0.39, 0.29) is 43.1 Å². The molecule has 0 aliphatic rings. The SMILES string of the molecule is [2H]C([2H])(c1ccc(-c2ccc(-n3c(-c4cc(C(C)(C)C)cc(C(C)(C)C)c4O)nc4c(-c5[c-]c(-c6ccccn6)cc(C(C)(C)C)c5)cccc43)c(-c3ccccc3)c2)cc1)[Si](C)(C)C.[Pt]. The fraction of sp³-hybridized carbons (Fsp3) is 0.276. The molecule has 0 spiro atoms. The fourth-order valence-electron chi connectivity index (χ4n) is 8.30. The molecule has 0 fully saturated rings. The van der Waals surface area contributed by atoms with E-state index in [9.17, 15) is 5.11 Å². The van der Waals surface area contributed by atoms with Crippen molar-refractivity contribution in [3.63, 3.8) is 0 Å². The van der Waals surface area contributed by atoms with Crippen molar-refractivity contribution in [3.05, 3.63) is 168 Å². The molecule has 4 nitrogen and oxygen atoms in total. The maximum atomic E-state index is 12.6. The van der Waals surface area contributed by atoms with Gasteiger partial charge in [0.2, 0.25) is 0 Å². The van der Waals surface area contributed by atoms with Crippen molar-refractivity contribution in [1.82, 2.24) is 14.5 Å². The minimum Gasteiger partial charge on any atom is -0.507 e. The van der Waals surface area contributed by atoms with Gasteiger partial charge in [-0.2, -0.15) is 0 Å². The molecule has 6 aromatic carbocycles. The molecule has 6 heteroatoms. The van der Waals surface area contributed by atoms with Crippen molar-refractivity contribution in [1.29, 1.82) is 0 Å². The molecule has 0 unspecified atom stereocenters. The van der Waals surface area contributed by atoms with E-state index in [0.29, 0.717) is 11.4 Å². The maximum absolute atomic E-state index is 12.6. The largest absolute Gasteiger partial charge is 0.507 e. The Morgan fingerprint density at radius 2 is 1.25 bits per heavy atom. The minimum absolute atomic E-state index is 0. The monoisotopic (exact) mass is 1040 g/mol. The third-order valence-corrected chi connectivity index (χ3v) is 12.8. The fourth-order valence-corrected chi connectivity index (χ4v) is 9.33. The molecule has 1 N–H and O–H groups in total. The molecule has 2 aromatic heterocycles. The number of para-hydroxylation sites is 1. The molecule has 0 atom stereocenters. The van der Waals surface area contributed by atoms with Crippen LogP contribution in [0.25, 0.3) is 72.7 Å². The quantitative estimate of drug-likeness (QED) is 0.122. The van der Waals surface area contributed by atoms with Gasteiger partial charge < -0.3 is 5.11 Å². The Bertz CT molecular complexity index is 3040. The summed E-state index contributed by atoms with van der Waals surface area (Å²) in [4.78, 5) is 10.4. The first-order valence-electron chi connectivity index (χ1n) is 23.1. The average Bonchev–Trinajstić information content (AvgIpc) is 3.64. The summed E-state index contributed by atoms with van der Waals surface area (Å²) in [7, 11) is -2.16. The molecule has 0 aliphatic heterocycles. The summed E-state index contributed by atoms with van der Waals surface area (Å²) in [5, 5.41) is 12.6. The van der Waals surface area contributed by atoms with Crippen LogP contribution in [0.2, 0.25) is 19.6 Å². The summed E-state index contributed by atoms with van der Waals surface area (Å²) >= 11 is 0. The molecule has 0 radical (unpaired) electrons. The average molecular weight is 1040 g/mol. The summed E-state index contributed by atoms with van der Waals surface area (Å²) in [6.07, 6.45) is 1.82. The first kappa shape index (κ1) is 43.9. The third kappa shape index (κ3) is 9.67. The van der Waals surface area contributed by atoms with Crippen LogP contribution in [0, 0.1) is 6.07 Å². The Morgan fingerprint density at radius 1 is 0.609 bits per heavy atom. The number of benzene rings is 6. The number of phenolic OH excluding ortho intramolecular Hbond substituents is 1. The van der Waals surface area contributed by atoms with Crippen LogP contribution in [0.3, 0.4) is 0 Å². The normalized spacial score (nSPS) is 13.1. The van der Waals surface area contributed by atoms with Crippen molar-refractivity contribution < 1.29 is 28.9 Å². The van der Waals surface area contributed by atoms with Crippen molar-refractivity contribution >= 4 is 19.1 Å². The van der Waals surface area contributed by atoms with Crippen LogP contribution in [0.5, 0.6) is 5.75 Å². The molecule has 2 heterocycles. The second kappa shape index (κ2) is 17.6. The predicted octanol–water partition coefficient (Wildman–Crippen LogP) is 15.6. The van der Waals surface area contributed by atoms with Gasteiger partial charge in [0.25, 0.3) is 0 Å². The van der Waals surface area contributed by atoms with E-state index in [1.54, 1.807) is 0 Å². The summed E-state index contributed by atoms with van der Waals surface area (Å²) < 4.78 is 20.2. The third-order valence-electron chi connectivity index (χ3n) is 11.7. The van der Waals surface area contributed by atoms with Crippen molar-refractivity contribution in [2.75, 3.05) is 0 Å². The Kier molecular flexibility index (Phi) is 12.0. The number of fused-ring (bicyclic) bond motifs is 1. The first-order chi connectivity index (χ1) is 30.4. The molecule has 8 aromatic rings. The van der Waals surface area contributed by atoms with Crippen LogP contribution in [0.1, 0.15) is 87.3 Å². The topological polar surface area (TPSA) is 50.9 Å². The zero-order valence-corrected chi connectivity index (χ0v) is 42.7. The minimum atomic E-state index is -2.16. The van der Waals surface area contributed by atoms with Crippen LogP contribution in [0.4, 0.5) is 0 Å². The first-order valence-corrected chi connectivity index (χ1v) is 25.6. The molecule has 0 saturated heterocycles. The standard InChI is InChI=1S/C58H62N3OSi.Pt/c1-56(2,3)44-32-42(31-43(33-44)50-22-16-17-30-59-50)46-21-18-23-52-53(46)60-55(48-35-45(57(4,5)6)36-49(54(48)62)58(7,8)9)61(52)51-29-28-41(34-47(51)40-19-14-13-15-20-40)39-26-24-38(25-27-39)37-63(10,11)12;/h13-30,32-36,62H,37H2,1-12H3;/q-1;/i37D2;. The number of nitrogens with zero attached hydrogens (tertiary/aromatic N) is 3. The Labute approximate surface area is 400 Å². The Balaban J connectivity index is 0.00000648. The Hall–Kier alpha value is -5.35. The molecular formula is C58H62N3OPtSi-. The number of rotatable bonds is 8. The molecule has 0 saturated carbocycles. The molecule has 0 amide bonds. The van der Waals surface area contributed by atoms with Gasteiger partial charge in [-0.15, -0.1) is 29.3 Å². The molecule has 0 bridgehead atoms. The number of hydrogen-bond acceptors (Lipinski definition) is 3. The second-order valence-electron chi connectivity index (χ2n) is 21.1. The zero-order chi connectivity index (χ0) is 46.9. The van der Waals surface area contributed by atoms with Crippen molar-refractivity contribution in [3.8, 4) is 67.5 Å². The van der Waals surface area contributed by atoms with Gasteiger partial charge in [-0.25, -0.2) is 4.98 Å². The second-order valence-corrected chi connectivity index (χ2v) is 25.8. The number of aromatic nitrogens is 3. The van der Waals surface area contributed by atoms with Gasteiger partial charge in [-0.3, -0.25) is 9.55 Å². The number of pyridine rings is 1. The van der Waals surface area contributed by atoms with Crippen molar-refractivity contribution in [2.24, 2.45) is 0 Å². The van der Waals surface area contributed by atoms with Gasteiger partial charge in [0.1, 0.15) is 11.6 Å². The molecule has 8 rings (SSSR count). The van der Waals surface area contributed by atoms with Crippen LogP contribution in [0.15, 0.2) is 140 Å². The van der Waals surface area contributed by atoms with Crippen LogP contribution >= 0.6 is 0 Å². The van der Waals surface area contributed by atoms with E-state index >= 15 is 0 Å². The number of aromatic hydroxyl groups is 1. The van der Waals surface area contributed by atoms with E-state index < -0.39 is 14.1 Å². The summed E-state index contributed by atoms with van der Waals surface area (Å²) in [5.74, 6) is -0.503.